The number of benzene rings is 3. The van der Waals surface area contributed by atoms with E-state index in [9.17, 15) is 53.4 Å². The number of halogens is 9. The van der Waals surface area contributed by atoms with Crippen molar-refractivity contribution in [2.75, 3.05) is 5.32 Å². The molecule has 0 heterocycles. The van der Waals surface area contributed by atoms with Gasteiger partial charge in [0.2, 0.25) is 5.82 Å². The van der Waals surface area contributed by atoms with Crippen LogP contribution in [0, 0.1) is 58.4 Å². The van der Waals surface area contributed by atoms with Crippen molar-refractivity contribution < 1.29 is 58.3 Å². The van der Waals surface area contributed by atoms with Crippen LogP contribution in [-0.2, 0) is 21.3 Å². The smallest absolute Gasteiger partial charge is 0.255 e. The van der Waals surface area contributed by atoms with Gasteiger partial charge in [0.15, 0.2) is 50.6 Å². The SMILES string of the molecule is O=C(Nc1cc(F)c(F)c(F)c1)c1ccc(Cl)c(S(=O)(=O)[C@H]2C3CC[C@H]2C[C@](O)(/C=N/OCc2c(F)c(F)c(F)c(F)c2F)C3)c1. The molecule has 0 aromatic heterocycles. The molecule has 0 saturated heterocycles. The summed E-state index contributed by atoms with van der Waals surface area (Å²) in [7, 11) is -4.26. The van der Waals surface area contributed by atoms with Gasteiger partial charge in [-0.2, -0.15) is 0 Å². The van der Waals surface area contributed by atoms with Crippen LogP contribution in [0.1, 0.15) is 41.6 Å². The molecule has 3 aromatic carbocycles. The Balaban J connectivity index is 1.31. The number of hydrogen-bond donors (Lipinski definition) is 2. The number of nitrogens with one attached hydrogen (secondary N) is 1. The molecule has 17 heteroatoms. The number of oxime groups is 1. The molecule has 2 saturated carbocycles. The molecule has 246 valence electrons. The van der Waals surface area contributed by atoms with Crippen LogP contribution in [0.3, 0.4) is 0 Å². The Kier molecular flexibility index (Phi) is 9.09. The van der Waals surface area contributed by atoms with Crippen LogP contribution < -0.4 is 5.32 Å². The van der Waals surface area contributed by atoms with Gasteiger partial charge in [-0.05, 0) is 55.7 Å². The van der Waals surface area contributed by atoms with E-state index in [1.54, 1.807) is 0 Å². The van der Waals surface area contributed by atoms with Crippen molar-refractivity contribution in [3.8, 4) is 0 Å². The lowest BCUT2D eigenvalue weighted by Gasteiger charge is -2.38. The molecule has 0 aliphatic heterocycles. The normalized spacial score (nSPS) is 22.8. The lowest BCUT2D eigenvalue weighted by Crippen LogP contribution is -2.47. The highest BCUT2D eigenvalue weighted by atomic mass is 35.5. The second-order valence-electron chi connectivity index (χ2n) is 11.0. The zero-order chi connectivity index (χ0) is 33.7. The number of hydrogen-bond acceptors (Lipinski definition) is 6. The van der Waals surface area contributed by atoms with Crippen molar-refractivity contribution in [2.45, 2.75) is 48.0 Å². The quantitative estimate of drug-likeness (QED) is 0.0908. The molecule has 2 N–H and O–H groups in total. The van der Waals surface area contributed by atoms with E-state index in [0.29, 0.717) is 25.0 Å². The predicted octanol–water partition coefficient (Wildman–Crippen LogP) is 6.60. The number of fused-ring (bicyclic) bond motifs is 2. The monoisotopic (exact) mass is 696 g/mol. The Bertz CT molecular complexity index is 1810. The van der Waals surface area contributed by atoms with Gasteiger partial charge in [-0.15, -0.1) is 0 Å². The summed E-state index contributed by atoms with van der Waals surface area (Å²) in [4.78, 5) is 17.1. The molecule has 2 aliphatic rings. The van der Waals surface area contributed by atoms with E-state index >= 15 is 0 Å². The highest BCUT2D eigenvalue weighted by Crippen LogP contribution is 2.51. The first kappa shape index (κ1) is 33.6. The molecular weight excluding hydrogens is 676 g/mol. The summed E-state index contributed by atoms with van der Waals surface area (Å²) in [5.41, 5.74) is -3.70. The largest absolute Gasteiger partial charge is 0.391 e. The molecule has 1 unspecified atom stereocenters. The number of sulfone groups is 1. The van der Waals surface area contributed by atoms with E-state index in [4.69, 9.17) is 16.4 Å². The summed E-state index contributed by atoms with van der Waals surface area (Å²) >= 11 is 6.22. The number of nitrogens with zero attached hydrogens (tertiary/aromatic N) is 1. The van der Waals surface area contributed by atoms with Gasteiger partial charge in [0, 0.05) is 23.4 Å². The number of carbonyl (C=O) groups is 1. The Labute approximate surface area is 260 Å². The van der Waals surface area contributed by atoms with Crippen molar-refractivity contribution in [2.24, 2.45) is 17.0 Å². The van der Waals surface area contributed by atoms with E-state index in [1.807, 2.05) is 0 Å². The molecule has 7 nitrogen and oxygen atoms in total. The highest BCUT2D eigenvalue weighted by Gasteiger charge is 2.54. The van der Waals surface area contributed by atoms with Gasteiger partial charge in [-0.25, -0.2) is 43.5 Å². The third-order valence-electron chi connectivity index (χ3n) is 8.05. The van der Waals surface area contributed by atoms with Crippen molar-refractivity contribution in [1.29, 1.82) is 0 Å². The summed E-state index contributed by atoms with van der Waals surface area (Å²) in [6, 6.07) is 4.38. The molecule has 2 fully saturated rings. The Morgan fingerprint density at radius 2 is 1.46 bits per heavy atom. The summed E-state index contributed by atoms with van der Waals surface area (Å²) in [5, 5.41) is 15.4. The second-order valence-corrected chi connectivity index (χ2v) is 13.5. The van der Waals surface area contributed by atoms with Gasteiger partial charge in [0.1, 0.15) is 12.2 Å². The fourth-order valence-corrected chi connectivity index (χ4v) is 8.88. The topological polar surface area (TPSA) is 105 Å². The first-order valence-electron chi connectivity index (χ1n) is 13.4. The summed E-state index contributed by atoms with van der Waals surface area (Å²) in [6.07, 6.45) is 1.25. The van der Waals surface area contributed by atoms with Gasteiger partial charge in [0.05, 0.1) is 26.9 Å². The summed E-state index contributed by atoms with van der Waals surface area (Å²) in [6.45, 7) is -1.16. The average molecular weight is 697 g/mol. The minimum Gasteiger partial charge on any atom is -0.391 e. The first-order valence-corrected chi connectivity index (χ1v) is 15.3. The first-order chi connectivity index (χ1) is 21.5. The number of aliphatic hydroxyl groups is 1. The van der Waals surface area contributed by atoms with Crippen LogP contribution >= 0.6 is 11.6 Å². The van der Waals surface area contributed by atoms with E-state index in [1.165, 1.54) is 6.07 Å². The molecule has 2 aliphatic carbocycles. The lowest BCUT2D eigenvalue weighted by molar-refractivity contribution is 0.0407. The Morgan fingerprint density at radius 1 is 0.913 bits per heavy atom. The maximum Gasteiger partial charge on any atom is 0.255 e. The second kappa shape index (κ2) is 12.4. The van der Waals surface area contributed by atoms with E-state index in [2.05, 4.69) is 10.5 Å². The number of carbonyl (C=O) groups excluding carboxylic acids is 1. The van der Waals surface area contributed by atoms with Gasteiger partial charge in [-0.3, -0.25) is 4.79 Å². The minimum atomic E-state index is -4.26. The van der Waals surface area contributed by atoms with Crippen LogP contribution in [0.2, 0.25) is 5.02 Å². The van der Waals surface area contributed by atoms with Gasteiger partial charge >= 0.3 is 0 Å². The van der Waals surface area contributed by atoms with E-state index in [0.717, 1.165) is 18.3 Å². The van der Waals surface area contributed by atoms with Crippen molar-refractivity contribution in [1.82, 2.24) is 0 Å². The fourth-order valence-electron chi connectivity index (χ4n) is 6.04. The lowest BCUT2D eigenvalue weighted by atomic mass is 9.78. The van der Waals surface area contributed by atoms with Crippen molar-refractivity contribution in [3.63, 3.8) is 0 Å². The zero-order valence-corrected chi connectivity index (χ0v) is 24.6. The fraction of sp³-hybridized carbons (Fsp3) is 0.310. The van der Waals surface area contributed by atoms with Crippen molar-refractivity contribution >= 4 is 39.2 Å². The van der Waals surface area contributed by atoms with E-state index < -0.39 is 108 Å². The molecule has 2 bridgehead atoms. The molecule has 4 atom stereocenters. The van der Waals surface area contributed by atoms with Gasteiger partial charge in [-0.1, -0.05) is 16.8 Å². The molecular formula is C29H21ClF8N2O5S. The molecule has 46 heavy (non-hydrogen) atoms. The standard InChI is InChI=1S/C29H21ClF8N2O5S/c30-17-4-3-12(28(41)40-15-6-18(31)23(35)19(32)7-15)5-20(17)46(43,44)27-13-1-2-14(27)9-29(42,8-13)11-39-45-10-16-21(33)24(36)26(38)25(37)22(16)34/h3-7,11,13-14,27,42H,1-2,8-10H2,(H,40,41)/b39-11+/t13-,14?,27+,29+/m0/s1. The molecule has 0 radical (unpaired) electrons. The summed E-state index contributed by atoms with van der Waals surface area (Å²) < 4.78 is 136. The zero-order valence-electron chi connectivity index (χ0n) is 23.1. The Morgan fingerprint density at radius 3 is 2.02 bits per heavy atom. The molecule has 1 amide bonds. The number of amides is 1. The maximum absolute atomic E-state index is 13.9. The summed E-state index contributed by atoms with van der Waals surface area (Å²) in [5.74, 6) is -18.0. The third-order valence-corrected chi connectivity index (χ3v) is 10.9. The van der Waals surface area contributed by atoms with Crippen LogP contribution in [-0.4, -0.2) is 36.5 Å². The van der Waals surface area contributed by atoms with Crippen LogP contribution in [0.25, 0.3) is 0 Å². The third kappa shape index (κ3) is 6.17. The molecule has 5 rings (SSSR count). The minimum absolute atomic E-state index is 0.164. The van der Waals surface area contributed by atoms with Crippen LogP contribution in [0.4, 0.5) is 40.8 Å². The van der Waals surface area contributed by atoms with E-state index in [-0.39, 0.29) is 23.4 Å². The average Bonchev–Trinajstić information content (AvgIpc) is 3.30. The van der Waals surface area contributed by atoms with Gasteiger partial charge in [0.25, 0.3) is 5.91 Å². The highest BCUT2D eigenvalue weighted by molar-refractivity contribution is 7.92. The predicted molar refractivity (Wildman–Crippen MR) is 147 cm³/mol. The molecule has 0 spiro atoms. The van der Waals surface area contributed by atoms with Crippen molar-refractivity contribution in [3.05, 3.63) is 93.0 Å². The maximum atomic E-state index is 13.9. The van der Waals surface area contributed by atoms with Gasteiger partial charge < -0.3 is 15.3 Å². The number of anilines is 1. The van der Waals surface area contributed by atoms with Crippen LogP contribution in [0.15, 0.2) is 40.4 Å². The molecule has 3 aromatic rings. The van der Waals surface area contributed by atoms with Crippen LogP contribution in [0.5, 0.6) is 0 Å². The Hall–Kier alpha value is -3.76. The number of rotatable bonds is 8.